The number of fused-ring (bicyclic) bond motifs is 1. The Morgan fingerprint density at radius 1 is 1.33 bits per heavy atom. The predicted octanol–water partition coefficient (Wildman–Crippen LogP) is 3.04. The number of pyridine rings is 1. The molecule has 6 heteroatoms. The smallest absolute Gasteiger partial charge is 0.387 e. The molecule has 0 atom stereocenters. The second kappa shape index (κ2) is 4.95. The van der Waals surface area contributed by atoms with E-state index in [1.807, 2.05) is 0 Å². The average Bonchev–Trinajstić information content (AvgIpc) is 3.28. The Bertz CT molecular complexity index is 698. The number of hydrogen-bond donors (Lipinski definition) is 0. The summed E-state index contributed by atoms with van der Waals surface area (Å²) in [6, 6.07) is 6.52. The molecule has 1 heterocycles. The molecular weight excluding hydrogens is 280 g/mol. The highest BCUT2D eigenvalue weighted by atomic mass is 19.3. The van der Waals surface area contributed by atoms with Crippen LogP contribution in [0.5, 0.6) is 5.75 Å². The minimum atomic E-state index is -2.92. The number of benzene rings is 1. The Morgan fingerprint density at radius 3 is 2.71 bits per heavy atom. The van der Waals surface area contributed by atoms with Crippen molar-refractivity contribution in [1.29, 1.82) is 0 Å². The molecule has 0 N–H and O–H groups in total. The first-order valence-corrected chi connectivity index (χ1v) is 6.50. The monoisotopic (exact) mass is 293 g/mol. The van der Waals surface area contributed by atoms with Crippen LogP contribution in [0.25, 0.3) is 10.9 Å². The standard InChI is InChI=1S/C15H13F2NO3/c1-20-13(19)15(6-7-15)10-4-5-11(21-14(16)17)12-9(10)3-2-8-18-12/h2-5,8,14H,6-7H2,1H3. The van der Waals surface area contributed by atoms with Crippen LogP contribution in [-0.2, 0) is 14.9 Å². The van der Waals surface area contributed by atoms with E-state index in [0.29, 0.717) is 23.7 Å². The molecule has 1 aliphatic rings. The van der Waals surface area contributed by atoms with Gasteiger partial charge in [0.25, 0.3) is 0 Å². The van der Waals surface area contributed by atoms with E-state index < -0.39 is 12.0 Å². The van der Waals surface area contributed by atoms with Crippen LogP contribution < -0.4 is 4.74 Å². The Kier molecular flexibility index (Phi) is 3.23. The summed E-state index contributed by atoms with van der Waals surface area (Å²) in [5, 5.41) is 0.638. The lowest BCUT2D eigenvalue weighted by molar-refractivity contribution is -0.143. The van der Waals surface area contributed by atoms with Crippen LogP contribution in [0.1, 0.15) is 18.4 Å². The van der Waals surface area contributed by atoms with Crippen molar-refractivity contribution in [2.24, 2.45) is 0 Å². The highest BCUT2D eigenvalue weighted by Gasteiger charge is 2.53. The zero-order valence-corrected chi connectivity index (χ0v) is 11.3. The molecule has 0 saturated heterocycles. The molecule has 4 nitrogen and oxygen atoms in total. The molecule has 0 spiro atoms. The van der Waals surface area contributed by atoms with Gasteiger partial charge in [0.1, 0.15) is 5.52 Å². The van der Waals surface area contributed by atoms with Crippen molar-refractivity contribution < 1.29 is 23.0 Å². The van der Waals surface area contributed by atoms with E-state index >= 15 is 0 Å². The number of aromatic nitrogens is 1. The van der Waals surface area contributed by atoms with Crippen molar-refractivity contribution in [3.05, 3.63) is 36.0 Å². The van der Waals surface area contributed by atoms with Crippen LogP contribution in [-0.4, -0.2) is 24.7 Å². The first kappa shape index (κ1) is 13.7. The molecule has 0 aliphatic heterocycles. The summed E-state index contributed by atoms with van der Waals surface area (Å²) in [5.41, 5.74) is 0.392. The molecule has 1 fully saturated rings. The van der Waals surface area contributed by atoms with Gasteiger partial charge in [-0.15, -0.1) is 0 Å². The number of alkyl halides is 2. The summed E-state index contributed by atoms with van der Waals surface area (Å²) in [6.45, 7) is -2.92. The van der Waals surface area contributed by atoms with Crippen LogP contribution in [0.4, 0.5) is 8.78 Å². The van der Waals surface area contributed by atoms with Gasteiger partial charge >= 0.3 is 12.6 Å². The van der Waals surface area contributed by atoms with Gasteiger partial charge in [0, 0.05) is 11.6 Å². The number of hydrogen-bond acceptors (Lipinski definition) is 4. The second-order valence-corrected chi connectivity index (χ2v) is 4.96. The Labute approximate surface area is 119 Å². The summed E-state index contributed by atoms with van der Waals surface area (Å²) in [7, 11) is 1.34. The third-order valence-electron chi connectivity index (χ3n) is 3.79. The number of methoxy groups -OCH3 is 1. The van der Waals surface area contributed by atoms with E-state index in [1.165, 1.54) is 19.4 Å². The van der Waals surface area contributed by atoms with Crippen molar-refractivity contribution in [1.82, 2.24) is 4.98 Å². The number of halogens is 2. The van der Waals surface area contributed by atoms with Gasteiger partial charge in [0.15, 0.2) is 5.75 Å². The van der Waals surface area contributed by atoms with Crippen molar-refractivity contribution >= 4 is 16.9 Å². The van der Waals surface area contributed by atoms with Crippen molar-refractivity contribution in [3.8, 4) is 5.75 Å². The summed E-state index contributed by atoms with van der Waals surface area (Å²) < 4.78 is 34.3. The van der Waals surface area contributed by atoms with Gasteiger partial charge in [0.05, 0.1) is 12.5 Å². The summed E-state index contributed by atoms with van der Waals surface area (Å²) in [6.07, 6.45) is 2.86. The van der Waals surface area contributed by atoms with Gasteiger partial charge in [0.2, 0.25) is 0 Å². The fourth-order valence-corrected chi connectivity index (χ4v) is 2.66. The van der Waals surface area contributed by atoms with Gasteiger partial charge in [-0.1, -0.05) is 12.1 Å². The van der Waals surface area contributed by atoms with Crippen molar-refractivity contribution in [2.75, 3.05) is 7.11 Å². The van der Waals surface area contributed by atoms with Crippen LogP contribution in [0.3, 0.4) is 0 Å². The lowest BCUT2D eigenvalue weighted by atomic mass is 9.92. The number of esters is 1. The van der Waals surface area contributed by atoms with Crippen LogP contribution in [0.15, 0.2) is 30.5 Å². The van der Waals surface area contributed by atoms with Gasteiger partial charge in [-0.2, -0.15) is 8.78 Å². The topological polar surface area (TPSA) is 48.4 Å². The third kappa shape index (κ3) is 2.20. The molecule has 0 radical (unpaired) electrons. The van der Waals surface area contributed by atoms with E-state index in [-0.39, 0.29) is 11.7 Å². The van der Waals surface area contributed by atoms with Gasteiger partial charge in [-0.3, -0.25) is 9.78 Å². The number of nitrogens with zero attached hydrogens (tertiary/aromatic N) is 1. The minimum absolute atomic E-state index is 0.00464. The Morgan fingerprint density at radius 2 is 2.10 bits per heavy atom. The van der Waals surface area contributed by atoms with Crippen molar-refractivity contribution in [3.63, 3.8) is 0 Å². The molecule has 110 valence electrons. The number of ether oxygens (including phenoxy) is 2. The van der Waals surface area contributed by atoms with Crippen LogP contribution in [0.2, 0.25) is 0 Å². The lowest BCUT2D eigenvalue weighted by Crippen LogP contribution is -2.22. The molecular formula is C15H13F2NO3. The Balaban J connectivity index is 2.16. The van der Waals surface area contributed by atoms with E-state index in [4.69, 9.17) is 4.74 Å². The normalized spacial score (nSPS) is 16.0. The fourth-order valence-electron chi connectivity index (χ4n) is 2.66. The molecule has 0 amide bonds. The molecule has 1 aliphatic carbocycles. The summed E-state index contributed by atoms with van der Waals surface area (Å²) in [5.74, 6) is -0.305. The molecule has 1 aromatic heterocycles. The average molecular weight is 293 g/mol. The maximum absolute atomic E-state index is 12.5. The van der Waals surface area contributed by atoms with E-state index in [0.717, 1.165) is 5.56 Å². The minimum Gasteiger partial charge on any atom is -0.468 e. The summed E-state index contributed by atoms with van der Waals surface area (Å²) in [4.78, 5) is 16.1. The first-order valence-electron chi connectivity index (χ1n) is 6.50. The highest BCUT2D eigenvalue weighted by Crippen LogP contribution is 2.51. The zero-order chi connectivity index (χ0) is 15.0. The predicted molar refractivity (Wildman–Crippen MR) is 71.3 cm³/mol. The molecule has 0 bridgehead atoms. The number of carbonyl (C=O) groups excluding carboxylic acids is 1. The molecule has 1 saturated carbocycles. The maximum Gasteiger partial charge on any atom is 0.387 e. The molecule has 3 rings (SSSR count). The fraction of sp³-hybridized carbons (Fsp3) is 0.333. The summed E-state index contributed by atoms with van der Waals surface area (Å²) >= 11 is 0. The first-order chi connectivity index (χ1) is 10.1. The molecule has 21 heavy (non-hydrogen) atoms. The van der Waals surface area contributed by atoms with Gasteiger partial charge < -0.3 is 9.47 Å². The zero-order valence-electron chi connectivity index (χ0n) is 11.3. The van der Waals surface area contributed by atoms with Crippen molar-refractivity contribution in [2.45, 2.75) is 24.9 Å². The van der Waals surface area contributed by atoms with Crippen LogP contribution >= 0.6 is 0 Å². The lowest BCUT2D eigenvalue weighted by Gasteiger charge is -2.17. The third-order valence-corrected chi connectivity index (χ3v) is 3.79. The second-order valence-electron chi connectivity index (χ2n) is 4.96. The number of rotatable bonds is 4. The van der Waals surface area contributed by atoms with Gasteiger partial charge in [-0.25, -0.2) is 0 Å². The molecule has 2 aromatic rings. The van der Waals surface area contributed by atoms with E-state index in [9.17, 15) is 13.6 Å². The quantitative estimate of drug-likeness (QED) is 0.813. The SMILES string of the molecule is COC(=O)C1(c2ccc(OC(F)F)c3ncccc23)CC1. The van der Waals surface area contributed by atoms with E-state index in [2.05, 4.69) is 9.72 Å². The van der Waals surface area contributed by atoms with Gasteiger partial charge in [-0.05, 0) is 30.5 Å². The highest BCUT2D eigenvalue weighted by molar-refractivity contribution is 5.96. The van der Waals surface area contributed by atoms with E-state index in [1.54, 1.807) is 18.2 Å². The van der Waals surface area contributed by atoms with Crippen LogP contribution in [0, 0.1) is 0 Å². The molecule has 0 unspecified atom stereocenters. The number of carbonyl (C=O) groups is 1. The largest absolute Gasteiger partial charge is 0.468 e. The molecule has 1 aromatic carbocycles. The Hall–Kier alpha value is -2.24. The maximum atomic E-state index is 12.5.